The summed E-state index contributed by atoms with van der Waals surface area (Å²) in [7, 11) is 0. The van der Waals surface area contributed by atoms with Gasteiger partial charge in [0.15, 0.2) is 0 Å². The minimum absolute atomic E-state index is 0.299. The predicted octanol–water partition coefficient (Wildman–Crippen LogP) is 5.46. The molecule has 0 atom stereocenters. The molecular weight excluding hydrogens is 456 g/mol. The zero-order chi connectivity index (χ0) is 24.4. The Balaban J connectivity index is 1.35. The van der Waals surface area contributed by atoms with Crippen LogP contribution in [0.5, 0.6) is 11.6 Å². The van der Waals surface area contributed by atoms with Crippen LogP contribution in [-0.2, 0) is 6.42 Å². The number of hydrogen-bond donors (Lipinski definition) is 2. The third kappa shape index (κ3) is 5.15. The number of rotatable bonds is 5. The molecule has 35 heavy (non-hydrogen) atoms. The fourth-order valence-corrected chi connectivity index (χ4v) is 5.81. The average molecular weight is 487 g/mol. The highest BCUT2D eigenvalue weighted by molar-refractivity contribution is 7.99. The lowest BCUT2D eigenvalue weighted by Gasteiger charge is -2.34. The molecule has 3 heterocycles. The standard InChI is InChI=1S/C27H30N6OS/c1-17-13-19(16-28)14-18(2)24(17)34-26-25-23(7-4-12-35-25)31-27(32-26)30-21-8-10-33(11-9-21)22-6-3-5-20(29)15-22/h3,5-6,13-15,21H,4,7-12,29H2,1-2H3,(H,30,31,32). The van der Waals surface area contributed by atoms with Crippen LogP contribution in [0.2, 0.25) is 0 Å². The molecule has 3 N–H and O–H groups in total. The minimum Gasteiger partial charge on any atom is -0.437 e. The molecule has 5 rings (SSSR count). The fraction of sp³-hybridized carbons (Fsp3) is 0.370. The zero-order valence-electron chi connectivity index (χ0n) is 20.2. The molecule has 0 bridgehead atoms. The second kappa shape index (κ2) is 10.0. The second-order valence-corrected chi connectivity index (χ2v) is 10.3. The second-order valence-electron chi connectivity index (χ2n) is 9.23. The minimum atomic E-state index is 0.299. The first-order chi connectivity index (χ1) is 17.0. The van der Waals surface area contributed by atoms with Crippen LogP contribution in [0.3, 0.4) is 0 Å². The molecule has 0 unspecified atom stereocenters. The third-order valence-electron chi connectivity index (χ3n) is 6.56. The maximum absolute atomic E-state index is 9.28. The highest BCUT2D eigenvalue weighted by Crippen LogP contribution is 2.40. The Kier molecular flexibility index (Phi) is 6.69. The van der Waals surface area contributed by atoms with E-state index in [0.717, 1.165) is 77.7 Å². The lowest BCUT2D eigenvalue weighted by atomic mass is 10.0. The number of aromatic nitrogens is 2. The Morgan fingerprint density at radius 1 is 1.14 bits per heavy atom. The summed E-state index contributed by atoms with van der Waals surface area (Å²) >= 11 is 1.76. The van der Waals surface area contributed by atoms with Gasteiger partial charge in [-0.3, -0.25) is 0 Å². The van der Waals surface area contributed by atoms with Crippen LogP contribution < -0.4 is 20.7 Å². The van der Waals surface area contributed by atoms with Crippen LogP contribution in [0.1, 0.15) is 41.6 Å². The molecule has 3 aromatic rings. The number of nitriles is 1. The summed E-state index contributed by atoms with van der Waals surface area (Å²) in [5, 5.41) is 12.9. The van der Waals surface area contributed by atoms with E-state index in [1.54, 1.807) is 11.8 Å². The van der Waals surface area contributed by atoms with Gasteiger partial charge in [0.2, 0.25) is 11.8 Å². The number of hydrogen-bond acceptors (Lipinski definition) is 8. The SMILES string of the molecule is Cc1cc(C#N)cc(C)c1Oc1nc(NC2CCN(c3cccc(N)c3)CC2)nc2c1SCCC2. The lowest BCUT2D eigenvalue weighted by molar-refractivity contribution is 0.438. The number of ether oxygens (including phenoxy) is 1. The van der Waals surface area contributed by atoms with Crippen molar-refractivity contribution in [2.45, 2.75) is 50.5 Å². The molecule has 1 aromatic heterocycles. The number of nitrogens with one attached hydrogen (secondary N) is 1. The Hall–Kier alpha value is -3.44. The van der Waals surface area contributed by atoms with Crippen molar-refractivity contribution in [2.75, 3.05) is 34.8 Å². The Bertz CT molecular complexity index is 1260. The summed E-state index contributed by atoms with van der Waals surface area (Å²) in [5.41, 5.74) is 11.5. The molecule has 2 aliphatic rings. The molecule has 0 saturated carbocycles. The molecular formula is C27H30N6OS. The highest BCUT2D eigenvalue weighted by atomic mass is 32.2. The van der Waals surface area contributed by atoms with Gasteiger partial charge < -0.3 is 20.7 Å². The van der Waals surface area contributed by atoms with Crippen molar-refractivity contribution in [3.8, 4) is 17.7 Å². The summed E-state index contributed by atoms with van der Waals surface area (Å²) < 4.78 is 6.41. The molecule has 1 saturated heterocycles. The Labute approximate surface area is 210 Å². The molecule has 7 nitrogen and oxygen atoms in total. The molecule has 1 fully saturated rings. The normalized spacial score (nSPS) is 15.9. The van der Waals surface area contributed by atoms with Crippen LogP contribution in [0, 0.1) is 25.2 Å². The maximum atomic E-state index is 9.28. The van der Waals surface area contributed by atoms with E-state index in [1.165, 1.54) is 5.69 Å². The van der Waals surface area contributed by atoms with E-state index >= 15 is 0 Å². The molecule has 2 aliphatic heterocycles. The summed E-state index contributed by atoms with van der Waals surface area (Å²) in [6.07, 6.45) is 4.01. The fourth-order valence-electron chi connectivity index (χ4n) is 4.79. The molecule has 8 heteroatoms. The number of nitrogen functional groups attached to an aromatic ring is 1. The zero-order valence-corrected chi connectivity index (χ0v) is 21.0. The van der Waals surface area contributed by atoms with Gasteiger partial charge in [0.05, 0.1) is 22.2 Å². The average Bonchev–Trinajstić information content (AvgIpc) is 2.86. The first-order valence-corrected chi connectivity index (χ1v) is 13.1. The number of benzene rings is 2. The van der Waals surface area contributed by atoms with Gasteiger partial charge in [-0.2, -0.15) is 10.2 Å². The number of nitrogens with zero attached hydrogens (tertiary/aromatic N) is 4. The van der Waals surface area contributed by atoms with E-state index < -0.39 is 0 Å². The van der Waals surface area contributed by atoms with Gasteiger partial charge in [0.25, 0.3) is 0 Å². The maximum Gasteiger partial charge on any atom is 0.238 e. The molecule has 2 aromatic carbocycles. The van der Waals surface area contributed by atoms with Gasteiger partial charge in [-0.05, 0) is 86.7 Å². The van der Waals surface area contributed by atoms with Crippen molar-refractivity contribution in [1.82, 2.24) is 9.97 Å². The number of fused-ring (bicyclic) bond motifs is 1. The third-order valence-corrected chi connectivity index (χ3v) is 7.75. The summed E-state index contributed by atoms with van der Waals surface area (Å²) in [5.74, 6) is 3.04. The quantitative estimate of drug-likeness (QED) is 0.459. The molecule has 180 valence electrons. The first kappa shape index (κ1) is 23.3. The van der Waals surface area contributed by atoms with Gasteiger partial charge in [0, 0.05) is 30.5 Å². The van der Waals surface area contributed by atoms with Crippen molar-refractivity contribution in [3.63, 3.8) is 0 Å². The van der Waals surface area contributed by atoms with Gasteiger partial charge in [-0.1, -0.05) is 6.07 Å². The lowest BCUT2D eigenvalue weighted by Crippen LogP contribution is -2.39. The number of piperidine rings is 1. The van der Waals surface area contributed by atoms with Gasteiger partial charge >= 0.3 is 0 Å². The van der Waals surface area contributed by atoms with Gasteiger partial charge in [-0.25, -0.2) is 4.98 Å². The number of nitrogens with two attached hydrogens (primary N) is 1. The first-order valence-electron chi connectivity index (χ1n) is 12.1. The van der Waals surface area contributed by atoms with Crippen molar-refractivity contribution in [1.29, 1.82) is 5.26 Å². The largest absolute Gasteiger partial charge is 0.437 e. The number of anilines is 3. The summed E-state index contributed by atoms with van der Waals surface area (Å²) in [6.45, 7) is 5.85. The van der Waals surface area contributed by atoms with Crippen LogP contribution >= 0.6 is 11.8 Å². The molecule has 0 amide bonds. The van der Waals surface area contributed by atoms with Crippen molar-refractivity contribution >= 4 is 29.1 Å². The van der Waals surface area contributed by atoms with E-state index in [2.05, 4.69) is 22.4 Å². The van der Waals surface area contributed by atoms with Crippen molar-refractivity contribution in [2.24, 2.45) is 0 Å². The number of aryl methyl sites for hydroxylation is 3. The molecule has 0 radical (unpaired) electrons. The Morgan fingerprint density at radius 2 is 1.91 bits per heavy atom. The van der Waals surface area contributed by atoms with E-state index in [0.29, 0.717) is 23.4 Å². The predicted molar refractivity (Wildman–Crippen MR) is 141 cm³/mol. The van der Waals surface area contributed by atoms with Crippen LogP contribution in [0.15, 0.2) is 41.3 Å². The summed E-state index contributed by atoms with van der Waals surface area (Å²) in [4.78, 5) is 13.1. The van der Waals surface area contributed by atoms with Crippen LogP contribution in [0.4, 0.5) is 17.3 Å². The van der Waals surface area contributed by atoms with Crippen molar-refractivity contribution in [3.05, 3.63) is 58.8 Å². The van der Waals surface area contributed by atoms with Crippen molar-refractivity contribution < 1.29 is 4.74 Å². The number of thioether (sulfide) groups is 1. The van der Waals surface area contributed by atoms with Gasteiger partial charge in [-0.15, -0.1) is 11.8 Å². The van der Waals surface area contributed by atoms with E-state index in [4.69, 9.17) is 20.4 Å². The Morgan fingerprint density at radius 3 is 2.63 bits per heavy atom. The monoisotopic (exact) mass is 486 g/mol. The molecule has 0 aliphatic carbocycles. The van der Waals surface area contributed by atoms with Crippen LogP contribution in [0.25, 0.3) is 0 Å². The topological polar surface area (TPSA) is 100 Å². The van der Waals surface area contributed by atoms with E-state index in [-0.39, 0.29) is 0 Å². The van der Waals surface area contributed by atoms with E-state index in [9.17, 15) is 5.26 Å². The summed E-state index contributed by atoms with van der Waals surface area (Å²) in [6, 6.07) is 14.3. The van der Waals surface area contributed by atoms with Crippen LogP contribution in [-0.4, -0.2) is 34.9 Å². The highest BCUT2D eigenvalue weighted by Gasteiger charge is 2.24. The van der Waals surface area contributed by atoms with E-state index in [1.807, 2.05) is 44.2 Å². The smallest absolute Gasteiger partial charge is 0.238 e. The molecule has 0 spiro atoms. The van der Waals surface area contributed by atoms with Gasteiger partial charge in [0.1, 0.15) is 5.75 Å².